The summed E-state index contributed by atoms with van der Waals surface area (Å²) >= 11 is 0. The molecule has 3 atom stereocenters. The van der Waals surface area contributed by atoms with Gasteiger partial charge >= 0.3 is 6.03 Å². The molecule has 0 aliphatic carbocycles. The van der Waals surface area contributed by atoms with Crippen LogP contribution in [-0.4, -0.2) is 73.7 Å². The first kappa shape index (κ1) is 22.6. The minimum atomic E-state index is -0.723. The highest BCUT2D eigenvalue weighted by molar-refractivity contribution is 5.94. The Morgan fingerprint density at radius 2 is 1.89 bits per heavy atom. The smallest absolute Gasteiger partial charge is 0.318 e. The highest BCUT2D eigenvalue weighted by Crippen LogP contribution is 2.31. The van der Waals surface area contributed by atoms with Gasteiger partial charge in [0.05, 0.1) is 19.3 Å². The predicted molar refractivity (Wildman–Crippen MR) is 105 cm³/mol. The Kier molecular flexibility index (Phi) is 7.83. The van der Waals surface area contributed by atoms with Gasteiger partial charge < -0.3 is 25.0 Å². The summed E-state index contributed by atoms with van der Waals surface area (Å²) in [5.74, 6) is -0.137. The molecule has 2 rings (SSSR count). The molecule has 0 radical (unpaired) electrons. The number of nitrogens with one attached hydrogen (secondary N) is 2. The Hall–Kier alpha value is -1.67. The summed E-state index contributed by atoms with van der Waals surface area (Å²) in [6, 6.07) is -1.65. The van der Waals surface area contributed by atoms with Crippen molar-refractivity contribution in [1.82, 2.24) is 15.5 Å². The zero-order valence-corrected chi connectivity index (χ0v) is 17.7. The van der Waals surface area contributed by atoms with Crippen molar-refractivity contribution in [3.8, 4) is 0 Å². The molecule has 0 aromatic rings. The van der Waals surface area contributed by atoms with E-state index in [0.717, 1.165) is 0 Å². The van der Waals surface area contributed by atoms with Crippen molar-refractivity contribution in [3.63, 3.8) is 0 Å². The second kappa shape index (κ2) is 9.69. The third-order valence-electron chi connectivity index (χ3n) is 6.06. The van der Waals surface area contributed by atoms with Crippen molar-refractivity contribution in [2.75, 3.05) is 32.9 Å². The molecule has 8 nitrogen and oxygen atoms in total. The number of morpholine rings is 1. The van der Waals surface area contributed by atoms with Gasteiger partial charge in [0.1, 0.15) is 18.7 Å². The summed E-state index contributed by atoms with van der Waals surface area (Å²) < 4.78 is 10.7. The summed E-state index contributed by atoms with van der Waals surface area (Å²) in [5, 5.41) is 5.71. The molecule has 0 aromatic carbocycles. The van der Waals surface area contributed by atoms with Crippen LogP contribution in [0.2, 0.25) is 0 Å². The van der Waals surface area contributed by atoms with Crippen LogP contribution in [0, 0.1) is 11.3 Å². The molecule has 2 heterocycles. The second-order valence-electron chi connectivity index (χ2n) is 8.66. The summed E-state index contributed by atoms with van der Waals surface area (Å²) in [7, 11) is 0. The first-order valence-corrected chi connectivity index (χ1v) is 10.2. The molecular formula is C20H35N3O5. The molecule has 3 unspecified atom stereocenters. The average Bonchev–Trinajstić information content (AvgIpc) is 3.01. The van der Waals surface area contributed by atoms with Crippen LogP contribution in [0.1, 0.15) is 47.5 Å². The number of ether oxygens (including phenoxy) is 2. The maximum absolute atomic E-state index is 13.0. The Bertz CT molecular complexity index is 572. The third-order valence-corrected chi connectivity index (χ3v) is 6.06. The monoisotopic (exact) mass is 397 g/mol. The molecule has 2 fully saturated rings. The number of Topliss-reactive ketones (excluding diaryl/α,β-unsaturated/α-hetero) is 1. The molecule has 160 valence electrons. The van der Waals surface area contributed by atoms with Gasteiger partial charge in [-0.3, -0.25) is 9.59 Å². The molecule has 2 aliphatic rings. The topological polar surface area (TPSA) is 97.0 Å². The largest absolute Gasteiger partial charge is 0.378 e. The van der Waals surface area contributed by atoms with Gasteiger partial charge in [0.2, 0.25) is 5.91 Å². The van der Waals surface area contributed by atoms with Gasteiger partial charge in [0, 0.05) is 13.1 Å². The van der Waals surface area contributed by atoms with Gasteiger partial charge in [-0.15, -0.1) is 0 Å². The fraction of sp³-hybridized carbons (Fsp3) is 0.850. The lowest BCUT2D eigenvalue weighted by molar-refractivity contribution is -0.128. The lowest BCUT2D eigenvalue weighted by Gasteiger charge is -2.35. The Labute approximate surface area is 167 Å². The molecule has 2 N–H and O–H groups in total. The number of hydrogen-bond acceptors (Lipinski definition) is 5. The second-order valence-corrected chi connectivity index (χ2v) is 8.66. The number of hydrogen-bond donors (Lipinski definition) is 2. The van der Waals surface area contributed by atoms with Crippen molar-refractivity contribution >= 4 is 17.7 Å². The first-order valence-electron chi connectivity index (χ1n) is 10.2. The molecular weight excluding hydrogens is 362 g/mol. The Morgan fingerprint density at radius 3 is 2.46 bits per heavy atom. The van der Waals surface area contributed by atoms with E-state index in [1.165, 1.54) is 0 Å². The number of ketones is 1. The normalized spacial score (nSPS) is 24.4. The number of nitrogens with zero attached hydrogens (tertiary/aromatic N) is 1. The van der Waals surface area contributed by atoms with Crippen LogP contribution in [0.3, 0.4) is 0 Å². The molecule has 0 aromatic heterocycles. The highest BCUT2D eigenvalue weighted by atomic mass is 16.5. The fourth-order valence-corrected chi connectivity index (χ4v) is 3.34. The van der Waals surface area contributed by atoms with E-state index in [0.29, 0.717) is 45.1 Å². The summed E-state index contributed by atoms with van der Waals surface area (Å²) in [5.41, 5.74) is -0.166. The van der Waals surface area contributed by atoms with Gasteiger partial charge in [-0.25, -0.2) is 4.79 Å². The average molecular weight is 398 g/mol. The van der Waals surface area contributed by atoms with E-state index < -0.39 is 12.1 Å². The van der Waals surface area contributed by atoms with Crippen molar-refractivity contribution in [2.24, 2.45) is 11.3 Å². The van der Waals surface area contributed by atoms with Crippen LogP contribution in [0.15, 0.2) is 0 Å². The van der Waals surface area contributed by atoms with Gasteiger partial charge in [0.15, 0.2) is 5.78 Å². The Balaban J connectivity index is 2.10. The quantitative estimate of drug-likeness (QED) is 0.676. The van der Waals surface area contributed by atoms with E-state index in [-0.39, 0.29) is 35.8 Å². The van der Waals surface area contributed by atoms with Crippen molar-refractivity contribution < 1.29 is 23.9 Å². The minimum absolute atomic E-state index is 0.0196. The number of amides is 3. The lowest BCUT2D eigenvalue weighted by atomic mass is 9.76. The predicted octanol–water partition coefficient (Wildman–Crippen LogP) is 1.33. The standard InChI is InChI=1S/C20H35N3O5/c1-6-16-17(15(24)12-28-16)22-18(25)14(11-20(4,5)13(2)3)21-19(26)23-7-9-27-10-8-23/h13-14,16-17H,6-12H2,1-5H3,(H,21,26)(H,22,25). The first-order chi connectivity index (χ1) is 13.2. The van der Waals surface area contributed by atoms with Crippen LogP contribution >= 0.6 is 0 Å². The highest BCUT2D eigenvalue weighted by Gasteiger charge is 2.39. The van der Waals surface area contributed by atoms with Crippen LogP contribution in [0.4, 0.5) is 4.79 Å². The number of urea groups is 1. The molecule has 3 amide bonds. The van der Waals surface area contributed by atoms with Crippen LogP contribution in [-0.2, 0) is 19.1 Å². The van der Waals surface area contributed by atoms with Crippen molar-refractivity contribution in [1.29, 1.82) is 0 Å². The fourth-order valence-electron chi connectivity index (χ4n) is 3.34. The maximum Gasteiger partial charge on any atom is 0.318 e. The van der Waals surface area contributed by atoms with Crippen molar-refractivity contribution in [2.45, 2.75) is 65.6 Å². The number of carbonyl (C=O) groups is 3. The molecule has 2 aliphatic heterocycles. The zero-order chi connectivity index (χ0) is 20.9. The van der Waals surface area contributed by atoms with E-state index in [4.69, 9.17) is 9.47 Å². The zero-order valence-electron chi connectivity index (χ0n) is 17.7. The molecule has 0 spiro atoms. The van der Waals surface area contributed by atoms with Crippen LogP contribution in [0.25, 0.3) is 0 Å². The summed E-state index contributed by atoms with van der Waals surface area (Å²) in [6.45, 7) is 12.3. The maximum atomic E-state index is 13.0. The number of rotatable bonds is 7. The summed E-state index contributed by atoms with van der Waals surface area (Å²) in [6.07, 6.45) is 0.801. The van der Waals surface area contributed by atoms with E-state index in [1.807, 2.05) is 6.92 Å². The lowest BCUT2D eigenvalue weighted by Crippen LogP contribution is -2.57. The molecule has 2 saturated heterocycles. The molecule has 0 bridgehead atoms. The third kappa shape index (κ3) is 5.67. The Morgan fingerprint density at radius 1 is 1.25 bits per heavy atom. The van der Waals surface area contributed by atoms with Crippen molar-refractivity contribution in [3.05, 3.63) is 0 Å². The van der Waals surface area contributed by atoms with Gasteiger partial charge in [-0.2, -0.15) is 0 Å². The van der Waals surface area contributed by atoms with E-state index in [2.05, 4.69) is 38.3 Å². The minimum Gasteiger partial charge on any atom is -0.378 e. The van der Waals surface area contributed by atoms with Gasteiger partial charge in [0.25, 0.3) is 0 Å². The summed E-state index contributed by atoms with van der Waals surface area (Å²) in [4.78, 5) is 39.5. The van der Waals surface area contributed by atoms with Gasteiger partial charge in [-0.1, -0.05) is 34.6 Å². The molecule has 8 heteroatoms. The number of carbonyl (C=O) groups excluding carboxylic acids is 3. The van der Waals surface area contributed by atoms with Crippen LogP contribution < -0.4 is 10.6 Å². The molecule has 0 saturated carbocycles. The van der Waals surface area contributed by atoms with E-state index >= 15 is 0 Å². The van der Waals surface area contributed by atoms with Crippen LogP contribution in [0.5, 0.6) is 0 Å². The van der Waals surface area contributed by atoms with E-state index in [1.54, 1.807) is 4.90 Å². The van der Waals surface area contributed by atoms with Gasteiger partial charge in [-0.05, 0) is 24.2 Å². The SMILES string of the molecule is CCC1OCC(=O)C1NC(=O)C(CC(C)(C)C(C)C)NC(=O)N1CCOCC1. The molecule has 28 heavy (non-hydrogen) atoms. The van der Waals surface area contributed by atoms with E-state index in [9.17, 15) is 14.4 Å².